The van der Waals surface area contributed by atoms with E-state index in [1.807, 2.05) is 6.07 Å². The summed E-state index contributed by atoms with van der Waals surface area (Å²) >= 11 is 6.24. The molecule has 0 spiro atoms. The van der Waals surface area contributed by atoms with Gasteiger partial charge in [0.1, 0.15) is 0 Å². The molecule has 1 aliphatic carbocycles. The molecule has 3 atom stereocenters. The Bertz CT molecular complexity index is 479. The largest absolute Gasteiger partial charge is 0.493 e. The van der Waals surface area contributed by atoms with Gasteiger partial charge in [0.2, 0.25) is 0 Å². The van der Waals surface area contributed by atoms with Crippen molar-refractivity contribution in [2.24, 2.45) is 17.8 Å². The van der Waals surface area contributed by atoms with E-state index in [-0.39, 0.29) is 5.92 Å². The smallest absolute Gasteiger partial charge is 0.179 e. The second kappa shape index (κ2) is 6.89. The van der Waals surface area contributed by atoms with E-state index in [2.05, 4.69) is 13.8 Å². The highest BCUT2D eigenvalue weighted by Crippen LogP contribution is 2.43. The predicted octanol–water partition coefficient (Wildman–Crippen LogP) is 4.46. The van der Waals surface area contributed by atoms with Crippen LogP contribution in [0, 0.1) is 17.8 Å². The zero-order valence-electron chi connectivity index (χ0n) is 13.2. The van der Waals surface area contributed by atoms with Crippen LogP contribution in [0.15, 0.2) is 12.1 Å². The van der Waals surface area contributed by atoms with E-state index in [0.717, 1.165) is 18.4 Å². The fourth-order valence-corrected chi connectivity index (χ4v) is 3.94. The van der Waals surface area contributed by atoms with Crippen LogP contribution >= 0.6 is 11.6 Å². The average Bonchev–Trinajstić information content (AvgIpc) is 2.44. The molecule has 0 heterocycles. The maximum absolute atomic E-state index is 10.7. The van der Waals surface area contributed by atoms with Gasteiger partial charge in [0.15, 0.2) is 11.5 Å². The minimum Gasteiger partial charge on any atom is -0.493 e. The fourth-order valence-electron chi connectivity index (χ4n) is 3.65. The van der Waals surface area contributed by atoms with Crippen molar-refractivity contribution >= 4 is 11.6 Å². The lowest BCUT2D eigenvalue weighted by molar-refractivity contribution is 0.0550. The van der Waals surface area contributed by atoms with Crippen molar-refractivity contribution in [2.75, 3.05) is 14.2 Å². The lowest BCUT2D eigenvalue weighted by Crippen LogP contribution is -2.24. The van der Waals surface area contributed by atoms with Gasteiger partial charge in [0.05, 0.1) is 25.3 Å². The number of benzene rings is 1. The van der Waals surface area contributed by atoms with Crippen LogP contribution in [0.25, 0.3) is 0 Å². The highest BCUT2D eigenvalue weighted by atomic mass is 35.5. The van der Waals surface area contributed by atoms with E-state index in [1.54, 1.807) is 20.3 Å². The van der Waals surface area contributed by atoms with Gasteiger partial charge in [-0.1, -0.05) is 25.4 Å². The van der Waals surface area contributed by atoms with Crippen molar-refractivity contribution < 1.29 is 14.6 Å². The molecule has 118 valence electrons. The highest BCUT2D eigenvalue weighted by Gasteiger charge is 2.30. The molecular weight excluding hydrogens is 288 g/mol. The number of methoxy groups -OCH3 is 2. The van der Waals surface area contributed by atoms with Crippen LogP contribution in [0.1, 0.15) is 44.8 Å². The average molecular weight is 313 g/mol. The Morgan fingerprint density at radius 3 is 2.24 bits per heavy atom. The van der Waals surface area contributed by atoms with Crippen LogP contribution in [0.3, 0.4) is 0 Å². The van der Waals surface area contributed by atoms with Gasteiger partial charge in [-0.05, 0) is 54.7 Å². The number of ether oxygens (including phenoxy) is 2. The summed E-state index contributed by atoms with van der Waals surface area (Å²) in [5.74, 6) is 2.67. The minimum atomic E-state index is -0.507. The van der Waals surface area contributed by atoms with Crippen molar-refractivity contribution in [3.63, 3.8) is 0 Å². The topological polar surface area (TPSA) is 38.7 Å². The van der Waals surface area contributed by atoms with Gasteiger partial charge in [-0.15, -0.1) is 0 Å². The number of hydrogen-bond acceptors (Lipinski definition) is 3. The summed E-state index contributed by atoms with van der Waals surface area (Å²) in [5.41, 5.74) is 0.809. The molecule has 0 amide bonds. The van der Waals surface area contributed by atoms with E-state index in [0.29, 0.717) is 28.4 Å². The Morgan fingerprint density at radius 1 is 1.10 bits per heavy atom. The summed E-state index contributed by atoms with van der Waals surface area (Å²) in [4.78, 5) is 0. The van der Waals surface area contributed by atoms with E-state index in [4.69, 9.17) is 21.1 Å². The molecule has 0 aliphatic heterocycles. The van der Waals surface area contributed by atoms with Crippen LogP contribution in [0.2, 0.25) is 5.02 Å². The Balaban J connectivity index is 2.26. The minimum absolute atomic E-state index is 0.276. The van der Waals surface area contributed by atoms with Crippen molar-refractivity contribution in [2.45, 2.75) is 39.2 Å². The van der Waals surface area contributed by atoms with Crippen LogP contribution in [0.5, 0.6) is 11.5 Å². The Morgan fingerprint density at radius 2 is 1.71 bits per heavy atom. The zero-order valence-corrected chi connectivity index (χ0v) is 14.0. The number of aliphatic hydroxyl groups is 1. The predicted molar refractivity (Wildman–Crippen MR) is 85.2 cm³/mol. The first-order chi connectivity index (χ1) is 9.96. The summed E-state index contributed by atoms with van der Waals surface area (Å²) in [6.07, 6.45) is 2.85. The molecule has 3 unspecified atom stereocenters. The van der Waals surface area contributed by atoms with E-state index >= 15 is 0 Å². The standard InChI is InChI=1S/C17H25ClO3/c1-10-5-11(2)7-12(6-10)16(19)13-8-14(18)17(21-4)15(9-13)20-3/h8-12,16,19H,5-7H2,1-4H3. The van der Waals surface area contributed by atoms with E-state index < -0.39 is 6.10 Å². The molecule has 1 N–H and O–H groups in total. The fraction of sp³-hybridized carbons (Fsp3) is 0.647. The van der Waals surface area contributed by atoms with Gasteiger partial charge in [0, 0.05) is 0 Å². The SMILES string of the molecule is COc1cc(C(O)C2CC(C)CC(C)C2)cc(Cl)c1OC. The summed E-state index contributed by atoms with van der Waals surface area (Å²) in [7, 11) is 3.14. The van der Waals surface area contributed by atoms with Gasteiger partial charge in [-0.25, -0.2) is 0 Å². The molecule has 3 nitrogen and oxygen atoms in total. The molecule has 21 heavy (non-hydrogen) atoms. The first kappa shape index (κ1) is 16.4. The number of aliphatic hydroxyl groups excluding tert-OH is 1. The van der Waals surface area contributed by atoms with Crippen molar-refractivity contribution in [3.05, 3.63) is 22.7 Å². The maximum atomic E-state index is 10.7. The van der Waals surface area contributed by atoms with Crippen LogP contribution < -0.4 is 9.47 Å². The molecule has 1 aromatic rings. The normalized spacial score (nSPS) is 27.2. The van der Waals surface area contributed by atoms with Gasteiger partial charge in [0.25, 0.3) is 0 Å². The van der Waals surface area contributed by atoms with Crippen molar-refractivity contribution in [1.29, 1.82) is 0 Å². The third kappa shape index (κ3) is 3.64. The Kier molecular flexibility index (Phi) is 5.39. The number of hydrogen-bond donors (Lipinski definition) is 1. The Hall–Kier alpha value is -0.930. The molecule has 0 radical (unpaired) electrons. The van der Waals surface area contributed by atoms with Gasteiger partial charge in [-0.3, -0.25) is 0 Å². The second-order valence-corrected chi connectivity index (χ2v) is 6.77. The molecule has 0 saturated heterocycles. The Labute approximate surface area is 132 Å². The van der Waals surface area contributed by atoms with Crippen LogP contribution in [-0.4, -0.2) is 19.3 Å². The van der Waals surface area contributed by atoms with Gasteiger partial charge >= 0.3 is 0 Å². The first-order valence-corrected chi connectivity index (χ1v) is 7.93. The third-order valence-electron chi connectivity index (χ3n) is 4.46. The van der Waals surface area contributed by atoms with Crippen LogP contribution in [0.4, 0.5) is 0 Å². The molecule has 2 rings (SSSR count). The van der Waals surface area contributed by atoms with E-state index in [9.17, 15) is 5.11 Å². The quantitative estimate of drug-likeness (QED) is 0.892. The van der Waals surface area contributed by atoms with Crippen molar-refractivity contribution in [3.8, 4) is 11.5 Å². The number of rotatable bonds is 4. The summed E-state index contributed by atoms with van der Waals surface area (Å²) < 4.78 is 10.6. The number of halogens is 1. The van der Waals surface area contributed by atoms with E-state index in [1.165, 1.54) is 6.42 Å². The molecule has 1 aromatic carbocycles. The molecule has 1 fully saturated rings. The lowest BCUT2D eigenvalue weighted by Gasteiger charge is -2.34. The molecule has 1 saturated carbocycles. The summed E-state index contributed by atoms with van der Waals surface area (Å²) in [6, 6.07) is 3.62. The summed E-state index contributed by atoms with van der Waals surface area (Å²) in [5, 5.41) is 11.2. The highest BCUT2D eigenvalue weighted by molar-refractivity contribution is 6.32. The molecular formula is C17H25ClO3. The summed E-state index contributed by atoms with van der Waals surface area (Å²) in [6.45, 7) is 4.52. The maximum Gasteiger partial charge on any atom is 0.179 e. The third-order valence-corrected chi connectivity index (χ3v) is 4.74. The van der Waals surface area contributed by atoms with Crippen LogP contribution in [-0.2, 0) is 0 Å². The van der Waals surface area contributed by atoms with Crippen molar-refractivity contribution in [1.82, 2.24) is 0 Å². The molecule has 0 aromatic heterocycles. The van der Waals surface area contributed by atoms with Gasteiger partial charge in [-0.2, -0.15) is 0 Å². The van der Waals surface area contributed by atoms with Gasteiger partial charge < -0.3 is 14.6 Å². The molecule has 0 bridgehead atoms. The first-order valence-electron chi connectivity index (χ1n) is 7.55. The molecule has 1 aliphatic rings. The molecule has 4 heteroatoms. The monoisotopic (exact) mass is 312 g/mol. The zero-order chi connectivity index (χ0) is 15.6. The second-order valence-electron chi connectivity index (χ2n) is 6.36. The lowest BCUT2D eigenvalue weighted by atomic mass is 9.73.